The number of hydrogen-bond donors (Lipinski definition) is 3. The van der Waals surface area contributed by atoms with Gasteiger partial charge in [-0.2, -0.15) is 4.98 Å². The molecule has 0 aliphatic rings. The fraction of sp³-hybridized carbons (Fsp3) is 0.250. The van der Waals surface area contributed by atoms with E-state index >= 15 is 0 Å². The van der Waals surface area contributed by atoms with Gasteiger partial charge in [0.25, 0.3) is 11.4 Å². The van der Waals surface area contributed by atoms with Crippen molar-refractivity contribution in [3.8, 4) is 22.8 Å². The summed E-state index contributed by atoms with van der Waals surface area (Å²) in [5.74, 6) is 1.71. The Bertz CT molecular complexity index is 1930. The highest BCUT2D eigenvalue weighted by Crippen LogP contribution is 2.33. The molecule has 0 saturated carbocycles. The van der Waals surface area contributed by atoms with Gasteiger partial charge in [0.2, 0.25) is 5.82 Å². The number of rotatable bonds is 11. The maximum absolute atomic E-state index is 13.1. The standard InChI is InChI=1S/C32H33N9O3/c1-4-16-40-32(43)23-10-11-27(37-30(23)41(40)20(2)3)36-28-17-25(35-26(19-42)21-8-6-5-7-9-21)24(18-34-28)31-38-29(39-44-31)22-12-14-33-15-13-22/h5-15,17-18,20,26,42H,4,16,19H2,1-3H3,(H2,34,35,36,37)/t26-/m1/s1. The van der Waals surface area contributed by atoms with Crippen LogP contribution in [0, 0.1) is 0 Å². The molecule has 12 nitrogen and oxygen atoms in total. The Balaban J connectivity index is 1.39. The first kappa shape index (κ1) is 28.7. The van der Waals surface area contributed by atoms with Crippen LogP contribution in [0.5, 0.6) is 0 Å². The summed E-state index contributed by atoms with van der Waals surface area (Å²) in [5.41, 5.74) is 3.41. The van der Waals surface area contributed by atoms with Gasteiger partial charge in [-0.3, -0.25) is 14.5 Å². The molecule has 224 valence electrons. The highest BCUT2D eigenvalue weighted by Gasteiger charge is 2.20. The monoisotopic (exact) mass is 591 g/mol. The summed E-state index contributed by atoms with van der Waals surface area (Å²) in [7, 11) is 0. The molecule has 0 amide bonds. The highest BCUT2D eigenvalue weighted by molar-refractivity contribution is 5.79. The molecule has 6 aromatic rings. The van der Waals surface area contributed by atoms with E-state index in [0.29, 0.717) is 46.3 Å². The molecule has 3 N–H and O–H groups in total. The summed E-state index contributed by atoms with van der Waals surface area (Å²) in [6.07, 6.45) is 5.80. The summed E-state index contributed by atoms with van der Waals surface area (Å²) in [6, 6.07) is 18.3. The van der Waals surface area contributed by atoms with Crippen LogP contribution < -0.4 is 16.2 Å². The van der Waals surface area contributed by atoms with Crippen molar-refractivity contribution in [1.82, 2.24) is 34.5 Å². The average molecular weight is 592 g/mol. The molecular formula is C32H33N9O3. The van der Waals surface area contributed by atoms with Gasteiger partial charge < -0.3 is 20.3 Å². The number of nitrogens with zero attached hydrogens (tertiary/aromatic N) is 7. The predicted molar refractivity (Wildman–Crippen MR) is 169 cm³/mol. The largest absolute Gasteiger partial charge is 0.394 e. The maximum atomic E-state index is 13.1. The smallest absolute Gasteiger partial charge is 0.276 e. The van der Waals surface area contributed by atoms with Crippen LogP contribution in [0.25, 0.3) is 33.9 Å². The number of benzene rings is 1. The lowest BCUT2D eigenvalue weighted by Gasteiger charge is -2.20. The Hall–Kier alpha value is -5.36. The lowest BCUT2D eigenvalue weighted by atomic mass is 10.1. The molecule has 0 spiro atoms. The second-order valence-electron chi connectivity index (χ2n) is 10.6. The average Bonchev–Trinajstić information content (AvgIpc) is 3.64. The zero-order chi connectivity index (χ0) is 30.6. The second-order valence-corrected chi connectivity index (χ2v) is 10.6. The van der Waals surface area contributed by atoms with Crippen LogP contribution in [0.3, 0.4) is 0 Å². The molecule has 0 fully saturated rings. The van der Waals surface area contributed by atoms with Gasteiger partial charge >= 0.3 is 0 Å². The van der Waals surface area contributed by atoms with E-state index in [0.717, 1.165) is 17.5 Å². The molecule has 44 heavy (non-hydrogen) atoms. The van der Waals surface area contributed by atoms with E-state index in [-0.39, 0.29) is 24.1 Å². The second kappa shape index (κ2) is 12.5. The molecule has 1 aromatic carbocycles. The normalized spacial score (nSPS) is 12.1. The van der Waals surface area contributed by atoms with Crippen LogP contribution >= 0.6 is 0 Å². The molecular weight excluding hydrogens is 558 g/mol. The maximum Gasteiger partial charge on any atom is 0.276 e. The summed E-state index contributed by atoms with van der Waals surface area (Å²) in [4.78, 5) is 31.2. The molecule has 1 atom stereocenters. The van der Waals surface area contributed by atoms with E-state index < -0.39 is 6.04 Å². The van der Waals surface area contributed by atoms with E-state index in [4.69, 9.17) is 9.51 Å². The van der Waals surface area contributed by atoms with Crippen LogP contribution in [-0.4, -0.2) is 46.2 Å². The Morgan fingerprint density at radius 1 is 1.00 bits per heavy atom. The van der Waals surface area contributed by atoms with Crippen molar-refractivity contribution >= 4 is 28.4 Å². The SMILES string of the molecule is CCCn1c(=O)c2ccc(Nc3cc(N[C@H](CO)c4ccccc4)c(-c4nc(-c5ccncc5)no4)cn3)nc2n1C(C)C. The minimum Gasteiger partial charge on any atom is -0.394 e. The van der Waals surface area contributed by atoms with Crippen molar-refractivity contribution in [2.24, 2.45) is 0 Å². The molecule has 0 aliphatic heterocycles. The zero-order valence-electron chi connectivity index (χ0n) is 24.7. The van der Waals surface area contributed by atoms with E-state index in [1.807, 2.05) is 55.8 Å². The molecule has 0 bridgehead atoms. The molecule has 0 aliphatic carbocycles. The number of anilines is 3. The number of aliphatic hydroxyl groups excluding tert-OH is 1. The number of fused-ring (bicyclic) bond motifs is 1. The van der Waals surface area contributed by atoms with E-state index in [9.17, 15) is 9.90 Å². The molecule has 0 radical (unpaired) electrons. The minimum atomic E-state index is -0.416. The Morgan fingerprint density at radius 2 is 1.80 bits per heavy atom. The van der Waals surface area contributed by atoms with E-state index in [1.165, 1.54) is 0 Å². The summed E-state index contributed by atoms with van der Waals surface area (Å²) in [6.45, 7) is 6.57. The number of aromatic nitrogens is 7. The third-order valence-electron chi connectivity index (χ3n) is 7.21. The lowest BCUT2D eigenvalue weighted by molar-refractivity contribution is 0.276. The molecule has 5 heterocycles. The number of pyridine rings is 3. The van der Waals surface area contributed by atoms with Crippen molar-refractivity contribution in [3.63, 3.8) is 0 Å². The van der Waals surface area contributed by atoms with Crippen molar-refractivity contribution in [2.45, 2.75) is 45.8 Å². The Kier molecular flexibility index (Phi) is 8.15. The first-order valence-electron chi connectivity index (χ1n) is 14.5. The first-order chi connectivity index (χ1) is 21.5. The molecule has 6 rings (SSSR count). The third kappa shape index (κ3) is 5.66. The molecule has 12 heteroatoms. The van der Waals surface area contributed by atoms with Gasteiger partial charge in [-0.15, -0.1) is 0 Å². The highest BCUT2D eigenvalue weighted by atomic mass is 16.5. The van der Waals surface area contributed by atoms with Crippen molar-refractivity contribution in [1.29, 1.82) is 0 Å². The molecule has 0 saturated heterocycles. The fourth-order valence-electron chi connectivity index (χ4n) is 5.16. The van der Waals surface area contributed by atoms with Crippen molar-refractivity contribution in [2.75, 3.05) is 17.2 Å². The van der Waals surface area contributed by atoms with Crippen molar-refractivity contribution < 1.29 is 9.63 Å². The van der Waals surface area contributed by atoms with Gasteiger partial charge in [-0.1, -0.05) is 42.4 Å². The van der Waals surface area contributed by atoms with Crippen LogP contribution in [0.2, 0.25) is 0 Å². The van der Waals surface area contributed by atoms with Crippen molar-refractivity contribution in [3.05, 3.63) is 95.2 Å². The van der Waals surface area contributed by atoms with Gasteiger partial charge in [0.15, 0.2) is 5.65 Å². The zero-order valence-corrected chi connectivity index (χ0v) is 24.7. The number of hydrogen-bond acceptors (Lipinski definition) is 10. The van der Waals surface area contributed by atoms with Gasteiger partial charge in [0.05, 0.1) is 29.3 Å². The van der Waals surface area contributed by atoms with Gasteiger partial charge in [-0.25, -0.2) is 14.6 Å². The summed E-state index contributed by atoms with van der Waals surface area (Å²) in [5, 5.41) is 21.7. The minimum absolute atomic E-state index is 0.0440. The lowest BCUT2D eigenvalue weighted by Crippen LogP contribution is -2.24. The fourth-order valence-corrected chi connectivity index (χ4v) is 5.16. The van der Waals surface area contributed by atoms with E-state index in [1.54, 1.807) is 53.6 Å². The van der Waals surface area contributed by atoms with Crippen LogP contribution in [0.4, 0.5) is 17.3 Å². The topological polar surface area (TPSA) is 149 Å². The van der Waals surface area contributed by atoms with Gasteiger partial charge in [0.1, 0.15) is 11.6 Å². The van der Waals surface area contributed by atoms with Crippen LogP contribution in [0.1, 0.15) is 44.8 Å². The predicted octanol–water partition coefficient (Wildman–Crippen LogP) is 5.59. The number of nitrogens with one attached hydrogen (secondary N) is 2. The van der Waals surface area contributed by atoms with Crippen LogP contribution in [0.15, 0.2) is 88.6 Å². The summed E-state index contributed by atoms with van der Waals surface area (Å²) < 4.78 is 9.35. The van der Waals surface area contributed by atoms with Gasteiger partial charge in [0, 0.05) is 42.8 Å². The van der Waals surface area contributed by atoms with Gasteiger partial charge in [-0.05, 0) is 50.1 Å². The quantitative estimate of drug-likeness (QED) is 0.174. The van der Waals surface area contributed by atoms with Crippen LogP contribution in [-0.2, 0) is 6.54 Å². The molecule has 0 unspecified atom stereocenters. The summed E-state index contributed by atoms with van der Waals surface area (Å²) >= 11 is 0. The Morgan fingerprint density at radius 3 is 2.52 bits per heavy atom. The van der Waals surface area contributed by atoms with E-state index in [2.05, 4.69) is 30.7 Å². The number of aliphatic hydroxyl groups is 1. The Labute approximate surface area is 253 Å². The first-order valence-corrected chi connectivity index (χ1v) is 14.5. The molecule has 5 aromatic heterocycles. The third-order valence-corrected chi connectivity index (χ3v) is 7.21.